The predicted octanol–water partition coefficient (Wildman–Crippen LogP) is 6.37. The number of benzene rings is 1. The maximum absolute atomic E-state index is 13.8. The molecule has 3 amide bonds. The van der Waals surface area contributed by atoms with Gasteiger partial charge in [-0.05, 0) is 74.9 Å². The second-order valence-corrected chi connectivity index (χ2v) is 12.4. The Hall–Kier alpha value is -3.37. The van der Waals surface area contributed by atoms with Crippen LogP contribution in [-0.2, 0) is 33.8 Å². The van der Waals surface area contributed by atoms with Crippen molar-refractivity contribution in [1.82, 2.24) is 15.5 Å². The topological polar surface area (TPSA) is 97.0 Å². The van der Waals surface area contributed by atoms with E-state index in [0.29, 0.717) is 38.9 Å². The number of carbonyl (C=O) groups is 3. The van der Waals surface area contributed by atoms with E-state index in [2.05, 4.69) is 16.7 Å². The molecule has 0 aliphatic carbocycles. The van der Waals surface area contributed by atoms with Gasteiger partial charge in [-0.2, -0.15) is 0 Å². The molecule has 0 fully saturated rings. The van der Waals surface area contributed by atoms with Gasteiger partial charge in [0.2, 0.25) is 5.91 Å². The number of rotatable bonds is 14. The monoisotopic (exact) mass is 585 g/mol. The first-order valence-corrected chi connectivity index (χ1v) is 15.2. The summed E-state index contributed by atoms with van der Waals surface area (Å²) in [5.41, 5.74) is 0.232. The van der Waals surface area contributed by atoms with Crippen molar-refractivity contribution in [3.8, 4) is 0 Å². The van der Waals surface area contributed by atoms with Gasteiger partial charge in [-0.1, -0.05) is 42.5 Å². The summed E-state index contributed by atoms with van der Waals surface area (Å²) < 4.78 is 10.7. The van der Waals surface area contributed by atoms with Gasteiger partial charge in [0, 0.05) is 22.8 Å². The molecular weight excluding hydrogens is 546 g/mol. The van der Waals surface area contributed by atoms with Crippen molar-refractivity contribution in [2.75, 3.05) is 13.1 Å². The maximum Gasteiger partial charge on any atom is 0.408 e. The van der Waals surface area contributed by atoms with Crippen molar-refractivity contribution in [3.05, 3.63) is 80.7 Å². The van der Waals surface area contributed by atoms with Crippen LogP contribution in [-0.4, -0.2) is 47.7 Å². The first-order chi connectivity index (χ1) is 19.2. The number of nitrogens with zero attached hydrogens (tertiary/aromatic N) is 1. The molecule has 0 aliphatic heterocycles. The first kappa shape index (κ1) is 31.2. The standard InChI is InChI=1S/C30H39N3O5S2/c1-30(2,3)38-29(36)32-26(15-7-8-17-31-28(35)37-22-23-11-5-4-6-12-23)27(34)33(21-25-14-10-20-40-25)18-16-24-13-9-19-39-24/h4-6,9-14,19-20,26H,7-8,15-18,21-22H2,1-3H3,(H,31,35)(H,32,36)/t26-/m0/s1. The normalized spacial score (nSPS) is 11.9. The van der Waals surface area contributed by atoms with Crippen molar-refractivity contribution in [2.45, 2.75) is 71.2 Å². The van der Waals surface area contributed by atoms with Crippen molar-refractivity contribution in [3.63, 3.8) is 0 Å². The summed E-state index contributed by atoms with van der Waals surface area (Å²) in [6, 6.07) is 16.8. The third-order valence-electron chi connectivity index (χ3n) is 5.84. The summed E-state index contributed by atoms with van der Waals surface area (Å²) in [5.74, 6) is -0.147. The van der Waals surface area contributed by atoms with Gasteiger partial charge in [0.25, 0.3) is 0 Å². The Labute approximate surface area is 244 Å². The lowest BCUT2D eigenvalue weighted by Gasteiger charge is -2.29. The zero-order chi connectivity index (χ0) is 28.8. The van der Waals surface area contributed by atoms with E-state index >= 15 is 0 Å². The van der Waals surface area contributed by atoms with Crippen LogP contribution >= 0.6 is 22.7 Å². The lowest BCUT2D eigenvalue weighted by molar-refractivity contribution is -0.134. The van der Waals surface area contributed by atoms with Gasteiger partial charge < -0.3 is 25.0 Å². The fraction of sp³-hybridized carbons (Fsp3) is 0.433. The highest BCUT2D eigenvalue weighted by atomic mass is 32.1. The number of hydrogen-bond acceptors (Lipinski definition) is 7. The molecule has 216 valence electrons. The van der Waals surface area contributed by atoms with Gasteiger partial charge >= 0.3 is 12.2 Å². The molecule has 3 aromatic rings. The van der Waals surface area contributed by atoms with Crippen LogP contribution in [0.3, 0.4) is 0 Å². The van der Waals surface area contributed by atoms with Crippen LogP contribution in [0.15, 0.2) is 65.4 Å². The number of ether oxygens (including phenoxy) is 2. The quantitative estimate of drug-likeness (QED) is 0.214. The van der Waals surface area contributed by atoms with Crippen molar-refractivity contribution < 1.29 is 23.9 Å². The molecule has 2 aromatic heterocycles. The van der Waals surface area contributed by atoms with Crippen LogP contribution in [0.25, 0.3) is 0 Å². The average Bonchev–Trinajstić information content (AvgIpc) is 3.63. The van der Waals surface area contributed by atoms with Gasteiger partial charge in [-0.25, -0.2) is 9.59 Å². The van der Waals surface area contributed by atoms with Gasteiger partial charge in [0.1, 0.15) is 18.2 Å². The van der Waals surface area contributed by atoms with Gasteiger partial charge in [-0.3, -0.25) is 4.79 Å². The third-order valence-corrected chi connectivity index (χ3v) is 7.63. The number of alkyl carbamates (subject to hydrolysis) is 2. The summed E-state index contributed by atoms with van der Waals surface area (Å²) in [5, 5.41) is 9.57. The number of unbranched alkanes of at least 4 members (excludes halogenated alkanes) is 1. The molecule has 10 heteroatoms. The number of nitrogens with one attached hydrogen (secondary N) is 2. The van der Waals surface area contributed by atoms with Gasteiger partial charge in [0.05, 0.1) is 6.54 Å². The van der Waals surface area contributed by atoms with Crippen LogP contribution in [0.2, 0.25) is 0 Å². The Balaban J connectivity index is 1.56. The molecule has 1 atom stereocenters. The summed E-state index contributed by atoms with van der Waals surface area (Å²) in [4.78, 5) is 42.6. The summed E-state index contributed by atoms with van der Waals surface area (Å²) in [7, 11) is 0. The minimum absolute atomic E-state index is 0.147. The largest absolute Gasteiger partial charge is 0.445 e. The van der Waals surface area contributed by atoms with Crippen LogP contribution in [0.5, 0.6) is 0 Å². The SMILES string of the molecule is CC(C)(C)OC(=O)N[C@@H](CCCCNC(=O)OCc1ccccc1)C(=O)N(CCc1cccs1)Cc1cccs1. The Kier molecular flexibility index (Phi) is 12.5. The van der Waals surface area contributed by atoms with E-state index in [-0.39, 0.29) is 12.5 Å². The average molecular weight is 586 g/mol. The number of hydrogen-bond donors (Lipinski definition) is 2. The molecule has 0 saturated heterocycles. The zero-order valence-electron chi connectivity index (χ0n) is 23.4. The summed E-state index contributed by atoms with van der Waals surface area (Å²) in [6.07, 6.45) is 1.28. The smallest absolute Gasteiger partial charge is 0.408 e. The molecule has 40 heavy (non-hydrogen) atoms. The Morgan fingerprint density at radius 2 is 1.60 bits per heavy atom. The zero-order valence-corrected chi connectivity index (χ0v) is 25.0. The molecule has 3 rings (SSSR count). The minimum Gasteiger partial charge on any atom is -0.445 e. The fourth-order valence-corrected chi connectivity index (χ4v) is 5.34. The lowest BCUT2D eigenvalue weighted by atomic mass is 10.1. The fourth-order valence-electron chi connectivity index (χ4n) is 3.92. The molecule has 8 nitrogen and oxygen atoms in total. The van der Waals surface area contributed by atoms with Crippen LogP contribution in [0.1, 0.15) is 55.4 Å². The van der Waals surface area contributed by atoms with Crippen LogP contribution in [0, 0.1) is 0 Å². The Morgan fingerprint density at radius 3 is 2.25 bits per heavy atom. The second-order valence-electron chi connectivity index (χ2n) is 10.4. The van der Waals surface area contributed by atoms with E-state index in [1.807, 2.05) is 64.2 Å². The van der Waals surface area contributed by atoms with Crippen LogP contribution < -0.4 is 10.6 Å². The molecule has 0 saturated carbocycles. The van der Waals surface area contributed by atoms with Gasteiger partial charge in [0.15, 0.2) is 0 Å². The molecule has 0 spiro atoms. The number of amides is 3. The molecule has 0 unspecified atom stereocenters. The van der Waals surface area contributed by atoms with E-state index in [1.165, 1.54) is 4.88 Å². The van der Waals surface area contributed by atoms with Crippen molar-refractivity contribution in [2.24, 2.45) is 0 Å². The van der Waals surface area contributed by atoms with Crippen LogP contribution in [0.4, 0.5) is 9.59 Å². The highest BCUT2D eigenvalue weighted by Gasteiger charge is 2.28. The molecule has 1 aromatic carbocycles. The molecule has 0 bridgehead atoms. The molecular formula is C30H39N3O5S2. The van der Waals surface area contributed by atoms with E-state index < -0.39 is 23.8 Å². The van der Waals surface area contributed by atoms with E-state index in [1.54, 1.807) is 43.4 Å². The van der Waals surface area contributed by atoms with Crippen molar-refractivity contribution >= 4 is 40.8 Å². The number of carbonyl (C=O) groups excluding carboxylic acids is 3. The third kappa shape index (κ3) is 11.8. The second kappa shape index (κ2) is 16.0. The Bertz CT molecular complexity index is 1160. The molecule has 2 N–H and O–H groups in total. The predicted molar refractivity (Wildman–Crippen MR) is 159 cm³/mol. The number of thiophene rings is 2. The molecule has 0 aliphatic rings. The molecule has 2 heterocycles. The van der Waals surface area contributed by atoms with Crippen molar-refractivity contribution in [1.29, 1.82) is 0 Å². The van der Waals surface area contributed by atoms with Gasteiger partial charge in [-0.15, -0.1) is 22.7 Å². The van der Waals surface area contributed by atoms with E-state index in [4.69, 9.17) is 9.47 Å². The minimum atomic E-state index is -0.747. The summed E-state index contributed by atoms with van der Waals surface area (Å²) >= 11 is 3.26. The van der Waals surface area contributed by atoms with E-state index in [9.17, 15) is 14.4 Å². The highest BCUT2D eigenvalue weighted by Crippen LogP contribution is 2.17. The molecule has 0 radical (unpaired) electrons. The highest BCUT2D eigenvalue weighted by molar-refractivity contribution is 7.10. The Morgan fingerprint density at radius 1 is 0.900 bits per heavy atom. The lowest BCUT2D eigenvalue weighted by Crippen LogP contribution is -2.50. The summed E-state index contributed by atoms with van der Waals surface area (Å²) in [6.45, 7) is 6.98. The first-order valence-electron chi connectivity index (χ1n) is 13.5. The van der Waals surface area contributed by atoms with E-state index in [0.717, 1.165) is 16.9 Å². The maximum atomic E-state index is 13.8.